The van der Waals surface area contributed by atoms with Crippen molar-refractivity contribution >= 4 is 35.2 Å². The minimum atomic E-state index is -0.416. The number of hydrogen-bond acceptors (Lipinski definition) is 6. The highest BCUT2D eigenvalue weighted by Crippen LogP contribution is 2.35. The number of carbonyl (C=O) groups is 2. The number of amides is 2. The van der Waals surface area contributed by atoms with E-state index in [1.807, 2.05) is 12.1 Å². The van der Waals surface area contributed by atoms with Gasteiger partial charge < -0.3 is 4.42 Å². The van der Waals surface area contributed by atoms with Crippen LogP contribution in [-0.4, -0.2) is 32.3 Å². The second-order valence-corrected chi connectivity index (χ2v) is 8.62. The van der Waals surface area contributed by atoms with E-state index in [4.69, 9.17) is 16.0 Å². The Balaban J connectivity index is 1.39. The van der Waals surface area contributed by atoms with Crippen LogP contribution >= 0.6 is 23.4 Å². The third-order valence-corrected chi connectivity index (χ3v) is 6.30. The molecule has 0 radical (unpaired) electrons. The van der Waals surface area contributed by atoms with Crippen molar-refractivity contribution in [2.75, 3.05) is 5.75 Å². The van der Waals surface area contributed by atoms with E-state index in [-0.39, 0.29) is 17.7 Å². The van der Waals surface area contributed by atoms with Crippen LogP contribution in [0.25, 0.3) is 11.6 Å². The number of hydrazine groups is 1. The highest BCUT2D eigenvalue weighted by Gasteiger charge is 2.25. The molecule has 0 unspecified atom stereocenters. The molecule has 0 bridgehead atoms. The number of nitrogens with one attached hydrogen (secondary N) is 2. The van der Waals surface area contributed by atoms with Crippen molar-refractivity contribution in [3.8, 4) is 11.6 Å². The Morgan fingerprint density at radius 3 is 2.58 bits per heavy atom. The number of halogens is 1. The molecular formula is C21H22ClN5O3S. The summed E-state index contributed by atoms with van der Waals surface area (Å²) in [6.45, 7) is 0. The molecule has 1 fully saturated rings. The number of thioether (sulfide) groups is 1. The Morgan fingerprint density at radius 1 is 1.10 bits per heavy atom. The lowest BCUT2D eigenvalue weighted by molar-refractivity contribution is -0.119. The number of aromatic nitrogens is 3. The number of rotatable bonds is 6. The predicted octanol–water partition coefficient (Wildman–Crippen LogP) is 4.25. The average molecular weight is 460 g/mol. The van der Waals surface area contributed by atoms with Gasteiger partial charge in [0, 0.05) is 16.6 Å². The summed E-state index contributed by atoms with van der Waals surface area (Å²) in [5.74, 6) is 0.662. The van der Waals surface area contributed by atoms with E-state index < -0.39 is 5.91 Å². The topological polar surface area (TPSA) is 102 Å². The lowest BCUT2D eigenvalue weighted by atomic mass is 9.95. The van der Waals surface area contributed by atoms with E-state index in [9.17, 15) is 9.59 Å². The summed E-state index contributed by atoms with van der Waals surface area (Å²) in [5, 5.41) is 9.82. The van der Waals surface area contributed by atoms with Crippen LogP contribution < -0.4 is 10.9 Å². The first-order valence-corrected chi connectivity index (χ1v) is 11.4. The normalized spacial score (nSPS) is 14.4. The maximum absolute atomic E-state index is 12.3. The zero-order valence-electron chi connectivity index (χ0n) is 16.7. The zero-order valence-corrected chi connectivity index (χ0v) is 18.3. The van der Waals surface area contributed by atoms with Crippen molar-refractivity contribution in [3.05, 3.63) is 53.2 Å². The van der Waals surface area contributed by atoms with Crippen molar-refractivity contribution in [1.82, 2.24) is 25.6 Å². The SMILES string of the molecule is O=C(CSc1nnc(-c2ccco2)n1C1CCCCC1)NNC(=O)c1ccc(Cl)cc1. The van der Waals surface area contributed by atoms with E-state index in [2.05, 4.69) is 25.6 Å². The van der Waals surface area contributed by atoms with Gasteiger partial charge in [-0.1, -0.05) is 42.6 Å². The summed E-state index contributed by atoms with van der Waals surface area (Å²) in [4.78, 5) is 24.4. The van der Waals surface area contributed by atoms with E-state index in [0.717, 1.165) is 25.7 Å². The van der Waals surface area contributed by atoms with Crippen LogP contribution in [-0.2, 0) is 4.79 Å². The summed E-state index contributed by atoms with van der Waals surface area (Å²) in [7, 11) is 0. The number of hydrogen-bond donors (Lipinski definition) is 2. The summed E-state index contributed by atoms with van der Waals surface area (Å²) < 4.78 is 7.62. The highest BCUT2D eigenvalue weighted by atomic mass is 35.5. The quantitative estimate of drug-likeness (QED) is 0.422. The molecular weight excluding hydrogens is 438 g/mol. The predicted molar refractivity (Wildman–Crippen MR) is 118 cm³/mol. The molecule has 1 aromatic carbocycles. The molecule has 10 heteroatoms. The summed E-state index contributed by atoms with van der Waals surface area (Å²) in [6, 6.07) is 10.4. The van der Waals surface area contributed by atoms with Crippen LogP contribution in [0, 0.1) is 0 Å². The molecule has 2 aromatic heterocycles. The molecule has 2 amide bonds. The van der Waals surface area contributed by atoms with Gasteiger partial charge in [0.2, 0.25) is 11.7 Å². The number of benzene rings is 1. The molecule has 8 nitrogen and oxygen atoms in total. The Bertz CT molecular complexity index is 1030. The third kappa shape index (κ3) is 5.29. The van der Waals surface area contributed by atoms with Gasteiger partial charge in [-0.25, -0.2) is 0 Å². The molecule has 2 N–H and O–H groups in total. The first-order valence-electron chi connectivity index (χ1n) is 10.1. The molecule has 0 atom stereocenters. The largest absolute Gasteiger partial charge is 0.461 e. The molecule has 0 saturated heterocycles. The van der Waals surface area contributed by atoms with Gasteiger partial charge in [0.1, 0.15) is 0 Å². The fraction of sp³-hybridized carbons (Fsp3) is 0.333. The van der Waals surface area contributed by atoms with Crippen molar-refractivity contribution < 1.29 is 14.0 Å². The van der Waals surface area contributed by atoms with Gasteiger partial charge in [-0.15, -0.1) is 10.2 Å². The molecule has 1 aliphatic rings. The molecule has 1 aliphatic carbocycles. The van der Waals surface area contributed by atoms with Crippen molar-refractivity contribution in [1.29, 1.82) is 0 Å². The maximum Gasteiger partial charge on any atom is 0.269 e. The Kier molecular flexibility index (Phi) is 6.93. The fourth-order valence-electron chi connectivity index (χ4n) is 3.58. The van der Waals surface area contributed by atoms with Crippen LogP contribution in [0.1, 0.15) is 48.5 Å². The summed E-state index contributed by atoms with van der Waals surface area (Å²) >= 11 is 7.11. The summed E-state index contributed by atoms with van der Waals surface area (Å²) in [5.41, 5.74) is 5.24. The lowest BCUT2D eigenvalue weighted by Crippen LogP contribution is -2.42. The standard InChI is InChI=1S/C21H22ClN5O3S/c22-15-10-8-14(9-11-15)20(29)25-23-18(28)13-31-21-26-24-19(17-7-4-12-30-17)27(21)16-5-2-1-3-6-16/h4,7-12,16H,1-3,5-6,13H2,(H,23,28)(H,25,29). The molecule has 2 heterocycles. The second-order valence-electron chi connectivity index (χ2n) is 7.24. The first kappa shape index (κ1) is 21.5. The van der Waals surface area contributed by atoms with Gasteiger partial charge in [0.05, 0.1) is 12.0 Å². The number of carbonyl (C=O) groups excluding carboxylic acids is 2. The van der Waals surface area contributed by atoms with Crippen molar-refractivity contribution in [3.63, 3.8) is 0 Å². The van der Waals surface area contributed by atoms with Gasteiger partial charge in [0.15, 0.2) is 10.9 Å². The molecule has 0 aliphatic heterocycles. The molecule has 4 rings (SSSR count). The lowest BCUT2D eigenvalue weighted by Gasteiger charge is -2.25. The minimum Gasteiger partial charge on any atom is -0.461 e. The van der Waals surface area contributed by atoms with Gasteiger partial charge in [-0.3, -0.25) is 25.0 Å². The highest BCUT2D eigenvalue weighted by molar-refractivity contribution is 7.99. The maximum atomic E-state index is 12.3. The molecule has 162 valence electrons. The summed E-state index contributed by atoms with van der Waals surface area (Å²) in [6.07, 6.45) is 7.24. The smallest absolute Gasteiger partial charge is 0.269 e. The van der Waals surface area contributed by atoms with Crippen LogP contribution in [0.3, 0.4) is 0 Å². The van der Waals surface area contributed by atoms with Crippen LogP contribution in [0.4, 0.5) is 0 Å². The van der Waals surface area contributed by atoms with E-state index in [0.29, 0.717) is 27.3 Å². The van der Waals surface area contributed by atoms with Gasteiger partial charge in [0.25, 0.3) is 5.91 Å². The van der Waals surface area contributed by atoms with E-state index >= 15 is 0 Å². The molecule has 1 saturated carbocycles. The Hall–Kier alpha value is -2.78. The Labute approximate surface area is 188 Å². The molecule has 3 aromatic rings. The van der Waals surface area contributed by atoms with Crippen molar-refractivity contribution in [2.45, 2.75) is 43.3 Å². The van der Waals surface area contributed by atoms with Crippen LogP contribution in [0.5, 0.6) is 0 Å². The van der Waals surface area contributed by atoms with E-state index in [1.54, 1.807) is 30.5 Å². The van der Waals surface area contributed by atoms with E-state index in [1.165, 1.54) is 18.2 Å². The fourth-order valence-corrected chi connectivity index (χ4v) is 4.52. The molecule has 0 spiro atoms. The van der Waals surface area contributed by atoms with Gasteiger partial charge >= 0.3 is 0 Å². The van der Waals surface area contributed by atoms with Crippen LogP contribution in [0.15, 0.2) is 52.2 Å². The monoisotopic (exact) mass is 459 g/mol. The molecule has 31 heavy (non-hydrogen) atoms. The Morgan fingerprint density at radius 2 is 1.87 bits per heavy atom. The minimum absolute atomic E-state index is 0.0872. The third-order valence-electron chi connectivity index (χ3n) is 5.10. The van der Waals surface area contributed by atoms with Crippen molar-refractivity contribution in [2.24, 2.45) is 0 Å². The first-order chi connectivity index (χ1) is 15.1. The second kappa shape index (κ2) is 10.0. The van der Waals surface area contributed by atoms with Crippen LogP contribution in [0.2, 0.25) is 5.02 Å². The van der Waals surface area contributed by atoms with Gasteiger partial charge in [-0.2, -0.15) is 0 Å². The zero-order chi connectivity index (χ0) is 21.6. The number of nitrogens with zero attached hydrogens (tertiary/aromatic N) is 3. The average Bonchev–Trinajstić information content (AvgIpc) is 3.47. The van der Waals surface area contributed by atoms with Gasteiger partial charge in [-0.05, 0) is 49.2 Å². The number of furan rings is 1.